The van der Waals surface area contributed by atoms with Gasteiger partial charge in [0.25, 0.3) is 0 Å². The Labute approximate surface area is 228 Å². The zero-order valence-corrected chi connectivity index (χ0v) is 23.5. The quantitative estimate of drug-likeness (QED) is 0.404. The third-order valence-corrected chi connectivity index (χ3v) is 6.39. The van der Waals surface area contributed by atoms with E-state index in [1.165, 1.54) is 18.3 Å². The lowest BCUT2D eigenvalue weighted by atomic mass is 10.1. The number of hydrogen-bond donors (Lipinski definition) is 3. The first-order chi connectivity index (χ1) is 18.3. The Bertz CT molecular complexity index is 1380. The molecule has 0 fully saturated rings. The molecular weight excluding hydrogens is 501 g/mol. The van der Waals surface area contributed by atoms with Crippen LogP contribution in [0.25, 0.3) is 0 Å². The van der Waals surface area contributed by atoms with Crippen molar-refractivity contribution in [1.82, 2.24) is 19.7 Å². The molecule has 1 aliphatic heterocycles. The van der Waals surface area contributed by atoms with Gasteiger partial charge in [0.05, 0.1) is 41.0 Å². The van der Waals surface area contributed by atoms with Crippen LogP contribution in [0.3, 0.4) is 0 Å². The standard InChI is InChI=1S/C27H36FN9O2/c1-17-10-20(28)21(33-25(38)32-19-14-31-37(16-19)27(2,3)4)11-22(17)36-15-18-13-30-24(29-8-9-34(5)6)12-23(18)35(7)26(36)39/h10-14,16H,8-9,15H2,1-7H3,(H,29,30)(H2,32,33,38). The van der Waals surface area contributed by atoms with E-state index in [-0.39, 0.29) is 23.8 Å². The van der Waals surface area contributed by atoms with Crippen LogP contribution in [-0.2, 0) is 12.1 Å². The summed E-state index contributed by atoms with van der Waals surface area (Å²) in [4.78, 5) is 35.7. The number of fused-ring (bicyclic) bond motifs is 1. The minimum atomic E-state index is -0.622. The molecule has 3 heterocycles. The van der Waals surface area contributed by atoms with Gasteiger partial charge in [0.1, 0.15) is 11.6 Å². The molecule has 39 heavy (non-hydrogen) atoms. The minimum absolute atomic E-state index is 0.0453. The average Bonchev–Trinajstić information content (AvgIpc) is 3.32. The molecular formula is C27H36FN9O2. The van der Waals surface area contributed by atoms with Gasteiger partial charge in [-0.25, -0.2) is 19.0 Å². The molecule has 0 spiro atoms. The number of anilines is 5. The largest absolute Gasteiger partial charge is 0.369 e. The second-order valence-corrected chi connectivity index (χ2v) is 10.9. The lowest BCUT2D eigenvalue weighted by Crippen LogP contribution is -2.45. The van der Waals surface area contributed by atoms with Gasteiger partial charge in [0, 0.05) is 44.2 Å². The fraction of sp³-hybridized carbons (Fsp3) is 0.407. The second kappa shape index (κ2) is 10.9. The number of likely N-dealkylation sites (N-methyl/N-ethyl adjacent to an activating group) is 1. The Morgan fingerprint density at radius 2 is 1.87 bits per heavy atom. The third kappa shape index (κ3) is 6.28. The van der Waals surface area contributed by atoms with E-state index < -0.39 is 11.8 Å². The number of benzene rings is 1. The van der Waals surface area contributed by atoms with Gasteiger partial charge in [0.2, 0.25) is 0 Å². The number of hydrogen-bond acceptors (Lipinski definition) is 6. The fourth-order valence-corrected chi connectivity index (χ4v) is 4.21. The van der Waals surface area contributed by atoms with Crippen molar-refractivity contribution < 1.29 is 14.0 Å². The summed E-state index contributed by atoms with van der Waals surface area (Å²) in [6.45, 7) is 9.52. The zero-order chi connectivity index (χ0) is 28.5. The number of carbonyl (C=O) groups excluding carboxylic acids is 2. The molecule has 0 unspecified atom stereocenters. The highest BCUT2D eigenvalue weighted by Gasteiger charge is 2.31. The lowest BCUT2D eigenvalue weighted by molar-refractivity contribution is 0.251. The highest BCUT2D eigenvalue weighted by molar-refractivity contribution is 6.07. The number of carbonyl (C=O) groups is 2. The number of aryl methyl sites for hydroxylation is 1. The topological polar surface area (TPSA) is 111 Å². The van der Waals surface area contributed by atoms with Gasteiger partial charge in [0.15, 0.2) is 0 Å². The van der Waals surface area contributed by atoms with Crippen LogP contribution in [0.15, 0.2) is 36.8 Å². The predicted molar refractivity (Wildman–Crippen MR) is 152 cm³/mol. The van der Waals surface area contributed by atoms with Crippen molar-refractivity contribution in [2.24, 2.45) is 0 Å². The van der Waals surface area contributed by atoms with E-state index in [1.807, 2.05) is 40.9 Å². The van der Waals surface area contributed by atoms with E-state index in [2.05, 4.69) is 30.9 Å². The first kappa shape index (κ1) is 27.8. The van der Waals surface area contributed by atoms with Gasteiger partial charge < -0.3 is 20.9 Å². The molecule has 0 saturated heterocycles. The number of pyridine rings is 1. The van der Waals surface area contributed by atoms with E-state index in [0.717, 1.165) is 24.3 Å². The van der Waals surface area contributed by atoms with Crippen molar-refractivity contribution >= 4 is 40.6 Å². The summed E-state index contributed by atoms with van der Waals surface area (Å²) in [6.07, 6.45) is 4.97. The molecule has 2 aromatic heterocycles. The van der Waals surface area contributed by atoms with Crippen LogP contribution in [0.4, 0.5) is 42.5 Å². The maximum atomic E-state index is 14.9. The first-order valence-electron chi connectivity index (χ1n) is 12.7. The van der Waals surface area contributed by atoms with Crippen LogP contribution in [0.1, 0.15) is 31.9 Å². The summed E-state index contributed by atoms with van der Waals surface area (Å²) in [5.41, 5.74) is 2.83. The van der Waals surface area contributed by atoms with Crippen molar-refractivity contribution in [2.45, 2.75) is 39.8 Å². The maximum absolute atomic E-state index is 14.9. The summed E-state index contributed by atoms with van der Waals surface area (Å²) in [5, 5.41) is 12.8. The number of amides is 4. The molecule has 0 atom stereocenters. The smallest absolute Gasteiger partial charge is 0.329 e. The molecule has 4 amide bonds. The molecule has 0 saturated carbocycles. The Kier molecular flexibility index (Phi) is 7.77. The van der Waals surface area contributed by atoms with Crippen molar-refractivity contribution in [3.63, 3.8) is 0 Å². The molecule has 1 aromatic carbocycles. The SMILES string of the molecule is Cc1cc(F)c(NC(=O)Nc2cnn(C(C)(C)C)c2)cc1N1Cc2cnc(NCCN(C)C)cc2N(C)C1=O. The molecule has 1 aliphatic rings. The van der Waals surface area contributed by atoms with Crippen LogP contribution in [0.2, 0.25) is 0 Å². The predicted octanol–water partition coefficient (Wildman–Crippen LogP) is 4.67. The summed E-state index contributed by atoms with van der Waals surface area (Å²) in [6, 6.07) is 3.75. The molecule has 12 heteroatoms. The highest BCUT2D eigenvalue weighted by atomic mass is 19.1. The van der Waals surface area contributed by atoms with Crippen LogP contribution in [-0.4, -0.2) is 66.0 Å². The van der Waals surface area contributed by atoms with E-state index in [9.17, 15) is 14.0 Å². The van der Waals surface area contributed by atoms with Crippen molar-refractivity contribution in [3.8, 4) is 0 Å². The molecule has 4 rings (SSSR count). The molecule has 3 aromatic rings. The van der Waals surface area contributed by atoms with Gasteiger partial charge in [-0.2, -0.15) is 5.10 Å². The number of urea groups is 2. The highest BCUT2D eigenvalue weighted by Crippen LogP contribution is 2.35. The van der Waals surface area contributed by atoms with Crippen molar-refractivity contribution in [1.29, 1.82) is 0 Å². The van der Waals surface area contributed by atoms with Gasteiger partial charge in [-0.05, 0) is 59.5 Å². The number of nitrogens with one attached hydrogen (secondary N) is 3. The fourth-order valence-electron chi connectivity index (χ4n) is 4.21. The van der Waals surface area contributed by atoms with Gasteiger partial charge in [-0.1, -0.05) is 0 Å². The first-order valence-corrected chi connectivity index (χ1v) is 12.7. The number of aromatic nitrogens is 3. The van der Waals surface area contributed by atoms with E-state index in [0.29, 0.717) is 22.8 Å². The van der Waals surface area contributed by atoms with Crippen LogP contribution >= 0.6 is 0 Å². The Morgan fingerprint density at radius 1 is 1.13 bits per heavy atom. The third-order valence-electron chi connectivity index (χ3n) is 6.39. The van der Waals surface area contributed by atoms with Gasteiger partial charge in [-0.15, -0.1) is 0 Å². The molecule has 0 aliphatic carbocycles. The molecule has 0 bridgehead atoms. The summed E-state index contributed by atoms with van der Waals surface area (Å²) in [7, 11) is 5.69. The second-order valence-electron chi connectivity index (χ2n) is 10.9. The Morgan fingerprint density at radius 3 is 2.54 bits per heavy atom. The van der Waals surface area contributed by atoms with Crippen LogP contribution in [0.5, 0.6) is 0 Å². The maximum Gasteiger partial charge on any atom is 0.329 e. The van der Waals surface area contributed by atoms with Crippen LogP contribution < -0.4 is 25.8 Å². The number of halogens is 1. The average molecular weight is 538 g/mol. The van der Waals surface area contributed by atoms with E-state index in [1.54, 1.807) is 40.8 Å². The van der Waals surface area contributed by atoms with Gasteiger partial charge in [-0.3, -0.25) is 14.5 Å². The Hall–Kier alpha value is -4.19. The lowest BCUT2D eigenvalue weighted by Gasteiger charge is -2.36. The number of rotatable bonds is 7. The monoisotopic (exact) mass is 537 g/mol. The summed E-state index contributed by atoms with van der Waals surface area (Å²) >= 11 is 0. The van der Waals surface area contributed by atoms with E-state index in [4.69, 9.17) is 0 Å². The molecule has 208 valence electrons. The molecule has 11 nitrogen and oxygen atoms in total. The Balaban J connectivity index is 1.52. The number of nitrogens with zero attached hydrogens (tertiary/aromatic N) is 6. The normalized spacial score (nSPS) is 13.5. The summed E-state index contributed by atoms with van der Waals surface area (Å²) in [5.74, 6) is 0.0808. The summed E-state index contributed by atoms with van der Waals surface area (Å²) < 4.78 is 16.6. The molecule has 3 N–H and O–H groups in total. The van der Waals surface area contributed by atoms with Crippen molar-refractivity contribution in [3.05, 3.63) is 53.7 Å². The van der Waals surface area contributed by atoms with Gasteiger partial charge >= 0.3 is 12.1 Å². The van der Waals surface area contributed by atoms with Crippen LogP contribution in [0, 0.1) is 12.7 Å². The molecule has 0 radical (unpaired) electrons. The zero-order valence-electron chi connectivity index (χ0n) is 23.5. The van der Waals surface area contributed by atoms with Crippen molar-refractivity contribution in [2.75, 3.05) is 60.0 Å². The minimum Gasteiger partial charge on any atom is -0.369 e. The van der Waals surface area contributed by atoms with E-state index >= 15 is 0 Å².